The average Bonchev–Trinajstić information content (AvgIpc) is 3.51. The van der Waals surface area contributed by atoms with Gasteiger partial charge in [-0.15, -0.1) is 0 Å². The molecule has 1 aromatic carbocycles. The van der Waals surface area contributed by atoms with E-state index >= 15 is 4.39 Å². The van der Waals surface area contributed by atoms with Gasteiger partial charge in [-0.2, -0.15) is 18.2 Å². The highest BCUT2D eigenvalue weighted by Crippen LogP contribution is 2.37. The summed E-state index contributed by atoms with van der Waals surface area (Å²) in [7, 11) is 0. The van der Waals surface area contributed by atoms with Crippen molar-refractivity contribution in [3.05, 3.63) is 58.6 Å². The third kappa shape index (κ3) is 5.11. The zero-order valence-electron chi connectivity index (χ0n) is 22.5. The second kappa shape index (κ2) is 10.5. The Hall–Kier alpha value is -4.73. The van der Waals surface area contributed by atoms with E-state index < -0.39 is 53.5 Å². The standard InChI is InChI=1S/C27H23F4N7O5/c1-12-10-17(27(29,30)31)33-22(32-12)13-4-2-5-14(20(13)28)23-35-19(43-36-23)11-37-9-3-6-15-21(37)26(42)38(25(15)41)16-7-8-18(39)34-24(16)40/h2,4-5,10,16,26,42H,3,6-9,11H2,1H3,(H,34,39,40). The van der Waals surface area contributed by atoms with Crippen LogP contribution in [0.15, 0.2) is 40.1 Å². The number of amides is 3. The second-order valence-corrected chi connectivity index (χ2v) is 10.3. The van der Waals surface area contributed by atoms with Gasteiger partial charge in [-0.05, 0) is 44.4 Å². The van der Waals surface area contributed by atoms with Gasteiger partial charge in [-0.3, -0.25) is 24.6 Å². The molecule has 2 aromatic heterocycles. The van der Waals surface area contributed by atoms with Crippen molar-refractivity contribution in [1.29, 1.82) is 0 Å². The number of benzene rings is 1. The van der Waals surface area contributed by atoms with Crippen LogP contribution in [0, 0.1) is 12.7 Å². The van der Waals surface area contributed by atoms with Gasteiger partial charge in [-0.25, -0.2) is 14.4 Å². The molecule has 0 saturated carbocycles. The van der Waals surface area contributed by atoms with Gasteiger partial charge in [0.25, 0.3) is 5.91 Å². The lowest BCUT2D eigenvalue weighted by Gasteiger charge is -2.35. The van der Waals surface area contributed by atoms with Gasteiger partial charge < -0.3 is 14.5 Å². The fourth-order valence-corrected chi connectivity index (χ4v) is 5.55. The molecule has 2 N–H and O–H groups in total. The van der Waals surface area contributed by atoms with Gasteiger partial charge in [0.2, 0.25) is 23.5 Å². The number of nitrogens with zero attached hydrogens (tertiary/aromatic N) is 6. The number of aliphatic hydroxyl groups excluding tert-OH is 1. The molecule has 0 bridgehead atoms. The number of aryl methyl sites for hydroxylation is 1. The van der Waals surface area contributed by atoms with Crippen molar-refractivity contribution in [2.45, 2.75) is 57.6 Å². The number of hydrogen-bond acceptors (Lipinski definition) is 10. The Labute approximate surface area is 240 Å². The molecule has 43 heavy (non-hydrogen) atoms. The highest BCUT2D eigenvalue weighted by atomic mass is 19.4. The second-order valence-electron chi connectivity index (χ2n) is 10.3. The van der Waals surface area contributed by atoms with E-state index in [-0.39, 0.29) is 53.6 Å². The number of carbonyl (C=O) groups is 3. The molecule has 16 heteroatoms. The number of rotatable bonds is 5. The summed E-state index contributed by atoms with van der Waals surface area (Å²) in [5.74, 6) is -3.19. The third-order valence-electron chi connectivity index (χ3n) is 7.47. The zero-order chi connectivity index (χ0) is 30.6. The summed E-state index contributed by atoms with van der Waals surface area (Å²) in [4.78, 5) is 51.6. The minimum Gasteiger partial charge on any atom is -0.368 e. The molecule has 3 aliphatic heterocycles. The lowest BCUT2D eigenvalue weighted by atomic mass is 10.0. The molecule has 1 saturated heterocycles. The number of nitrogens with one attached hydrogen (secondary N) is 1. The topological polar surface area (TPSA) is 155 Å². The van der Waals surface area contributed by atoms with Crippen LogP contribution >= 0.6 is 0 Å². The molecule has 1 fully saturated rings. The number of aliphatic hydroxyl groups is 1. The van der Waals surface area contributed by atoms with E-state index in [1.165, 1.54) is 25.1 Å². The minimum absolute atomic E-state index is 0.00272. The SMILES string of the molecule is Cc1cc(C(F)(F)F)nc(-c2cccc(-c3noc(CN4CCCC5=C4C(O)N(C4CCC(=O)NC4=O)C5=O)n3)c2F)n1. The van der Waals surface area contributed by atoms with E-state index in [4.69, 9.17) is 4.52 Å². The lowest BCUT2D eigenvalue weighted by molar-refractivity contribution is -0.149. The smallest absolute Gasteiger partial charge is 0.368 e. The molecule has 0 spiro atoms. The first kappa shape index (κ1) is 28.4. The molecule has 5 heterocycles. The molecule has 3 amide bonds. The highest BCUT2D eigenvalue weighted by Gasteiger charge is 2.48. The van der Waals surface area contributed by atoms with E-state index in [1.807, 2.05) is 0 Å². The van der Waals surface area contributed by atoms with Gasteiger partial charge in [0.05, 0.1) is 23.4 Å². The van der Waals surface area contributed by atoms with Gasteiger partial charge >= 0.3 is 6.18 Å². The molecular formula is C27H23F4N7O5. The Bertz CT molecular complexity index is 1690. The Kier molecular flexibility index (Phi) is 6.95. The molecule has 6 rings (SSSR count). The molecule has 2 atom stereocenters. The van der Waals surface area contributed by atoms with Crippen LogP contribution in [0.2, 0.25) is 0 Å². The van der Waals surface area contributed by atoms with Gasteiger partial charge in [0.15, 0.2) is 12.1 Å². The van der Waals surface area contributed by atoms with Crippen molar-refractivity contribution in [3.8, 4) is 22.8 Å². The van der Waals surface area contributed by atoms with Crippen molar-refractivity contribution in [3.63, 3.8) is 0 Å². The van der Waals surface area contributed by atoms with Crippen molar-refractivity contribution in [1.82, 2.24) is 35.2 Å². The van der Waals surface area contributed by atoms with E-state index in [0.29, 0.717) is 25.0 Å². The quantitative estimate of drug-likeness (QED) is 0.329. The van der Waals surface area contributed by atoms with Crippen LogP contribution < -0.4 is 5.32 Å². The first-order valence-electron chi connectivity index (χ1n) is 13.3. The van der Waals surface area contributed by atoms with Crippen LogP contribution in [-0.2, 0) is 27.1 Å². The number of alkyl halides is 3. The summed E-state index contributed by atoms with van der Waals surface area (Å²) in [6, 6.07) is 3.71. The fourth-order valence-electron chi connectivity index (χ4n) is 5.55. The summed E-state index contributed by atoms with van der Waals surface area (Å²) >= 11 is 0. The monoisotopic (exact) mass is 601 g/mol. The molecule has 2 unspecified atom stereocenters. The normalized spacial score (nSPS) is 21.0. The average molecular weight is 602 g/mol. The third-order valence-corrected chi connectivity index (χ3v) is 7.47. The molecule has 224 valence electrons. The van der Waals surface area contributed by atoms with E-state index in [0.717, 1.165) is 11.0 Å². The summed E-state index contributed by atoms with van der Waals surface area (Å²) in [6.07, 6.45) is -5.16. The molecular weight excluding hydrogens is 578 g/mol. The fraction of sp³-hybridized carbons (Fsp3) is 0.370. The van der Waals surface area contributed by atoms with Crippen LogP contribution in [0.25, 0.3) is 22.8 Å². The van der Waals surface area contributed by atoms with E-state index in [1.54, 1.807) is 4.90 Å². The Morgan fingerprint density at radius 3 is 2.56 bits per heavy atom. The van der Waals surface area contributed by atoms with Crippen molar-refractivity contribution < 1.29 is 41.6 Å². The molecule has 12 nitrogen and oxygen atoms in total. The van der Waals surface area contributed by atoms with Crippen molar-refractivity contribution >= 4 is 17.7 Å². The number of carbonyl (C=O) groups excluding carboxylic acids is 3. The van der Waals surface area contributed by atoms with Crippen LogP contribution in [0.3, 0.4) is 0 Å². The van der Waals surface area contributed by atoms with Crippen LogP contribution in [-0.4, -0.2) is 71.6 Å². The molecule has 3 aromatic rings. The van der Waals surface area contributed by atoms with Crippen LogP contribution in [0.4, 0.5) is 17.6 Å². The predicted molar refractivity (Wildman–Crippen MR) is 136 cm³/mol. The molecule has 0 radical (unpaired) electrons. The first-order chi connectivity index (χ1) is 20.4. The van der Waals surface area contributed by atoms with Gasteiger partial charge in [-0.1, -0.05) is 11.2 Å². The number of imide groups is 1. The summed E-state index contributed by atoms with van der Waals surface area (Å²) in [6.45, 7) is 1.69. The number of piperidine rings is 1. The van der Waals surface area contributed by atoms with Crippen LogP contribution in [0.1, 0.15) is 43.0 Å². The maximum absolute atomic E-state index is 15.6. The maximum atomic E-state index is 15.6. The Morgan fingerprint density at radius 2 is 1.84 bits per heavy atom. The minimum atomic E-state index is -4.75. The number of aromatic nitrogens is 4. The first-order valence-corrected chi connectivity index (χ1v) is 13.3. The number of halogens is 4. The summed E-state index contributed by atoms with van der Waals surface area (Å²) in [5.41, 5.74) is -1.04. The van der Waals surface area contributed by atoms with Gasteiger partial charge in [0.1, 0.15) is 17.6 Å². The summed E-state index contributed by atoms with van der Waals surface area (Å²) < 4.78 is 60.8. The summed E-state index contributed by atoms with van der Waals surface area (Å²) in [5, 5.41) is 17.2. The largest absolute Gasteiger partial charge is 0.433 e. The Morgan fingerprint density at radius 1 is 1.09 bits per heavy atom. The van der Waals surface area contributed by atoms with E-state index in [2.05, 4.69) is 25.4 Å². The zero-order valence-corrected chi connectivity index (χ0v) is 22.5. The van der Waals surface area contributed by atoms with Crippen molar-refractivity contribution in [2.75, 3.05) is 6.54 Å². The lowest BCUT2D eigenvalue weighted by Crippen LogP contribution is -2.56. The molecule has 0 aliphatic carbocycles. The maximum Gasteiger partial charge on any atom is 0.433 e. The Balaban J connectivity index is 1.25. The molecule has 3 aliphatic rings. The number of hydrogen-bond donors (Lipinski definition) is 2. The van der Waals surface area contributed by atoms with Gasteiger partial charge in [0, 0.05) is 24.2 Å². The predicted octanol–water partition coefficient (Wildman–Crippen LogP) is 2.48. The highest BCUT2D eigenvalue weighted by molar-refractivity contribution is 6.05. The van der Waals surface area contributed by atoms with Crippen LogP contribution in [0.5, 0.6) is 0 Å². The van der Waals surface area contributed by atoms with Crippen molar-refractivity contribution in [2.24, 2.45) is 0 Å². The van der Waals surface area contributed by atoms with E-state index in [9.17, 15) is 32.7 Å².